The third kappa shape index (κ3) is 9.42. The van der Waals surface area contributed by atoms with Gasteiger partial charge >= 0.3 is 17.9 Å². The number of fused-ring (bicyclic) bond motifs is 1. The minimum atomic E-state index is -2.18. The van der Waals surface area contributed by atoms with Gasteiger partial charge in [0.25, 0.3) is 0 Å². The Bertz CT molecular complexity index is 633. The number of cyclic esters (lactones) is 2. The van der Waals surface area contributed by atoms with Gasteiger partial charge in [-0.05, 0) is 18.6 Å². The highest BCUT2D eigenvalue weighted by atomic mass is 16.8. The molecule has 0 aromatic heterocycles. The molecule has 0 unspecified atom stereocenters. The molecule has 0 bridgehead atoms. The van der Waals surface area contributed by atoms with E-state index in [0.29, 0.717) is 6.42 Å². The molecule has 5 nitrogen and oxygen atoms in total. The minimum Gasteiger partial charge on any atom is -0.394 e. The van der Waals surface area contributed by atoms with Gasteiger partial charge in [-0.1, -0.05) is 109 Å². The predicted octanol–water partition coefficient (Wildman–Crippen LogP) is 6.92. The Kier molecular flexibility index (Phi) is 11.7. The van der Waals surface area contributed by atoms with Crippen LogP contribution in [0.15, 0.2) is 24.3 Å². The minimum absolute atomic E-state index is 0.0940. The van der Waals surface area contributed by atoms with Crippen molar-refractivity contribution in [2.24, 2.45) is 0 Å². The lowest BCUT2D eigenvalue weighted by Crippen LogP contribution is -2.37. The Morgan fingerprint density at radius 3 is 1.39 bits per heavy atom. The molecule has 1 heterocycles. The van der Waals surface area contributed by atoms with E-state index in [9.17, 15) is 14.7 Å². The van der Waals surface area contributed by atoms with E-state index in [0.717, 1.165) is 12.8 Å². The first-order chi connectivity index (χ1) is 15.1. The topological polar surface area (TPSA) is 72.8 Å². The van der Waals surface area contributed by atoms with Crippen molar-refractivity contribution in [1.29, 1.82) is 0 Å². The number of unbranched alkanes of at least 4 members (excludes halogenated alkanes) is 14. The molecule has 0 aliphatic carbocycles. The molecular formula is C26H40O5. The van der Waals surface area contributed by atoms with Gasteiger partial charge in [0.1, 0.15) is 0 Å². The molecule has 0 atom stereocenters. The fourth-order valence-corrected chi connectivity index (χ4v) is 4.08. The third-order valence-corrected chi connectivity index (χ3v) is 5.97. The predicted molar refractivity (Wildman–Crippen MR) is 122 cm³/mol. The second-order valence-electron chi connectivity index (χ2n) is 8.74. The number of rotatable bonds is 16. The SMILES string of the molecule is CCCCCCCCCCCCCCCCCC1(O)OC(=O)c2ccccc2C(=O)O1. The number of carbonyl (C=O) groups excluding carboxylic acids is 2. The molecule has 1 aromatic carbocycles. The van der Waals surface area contributed by atoms with Gasteiger partial charge in [0.05, 0.1) is 17.5 Å². The normalized spacial score (nSPS) is 15.2. The van der Waals surface area contributed by atoms with Crippen molar-refractivity contribution >= 4 is 11.9 Å². The zero-order chi connectivity index (χ0) is 22.4. The van der Waals surface area contributed by atoms with Crippen LogP contribution in [-0.4, -0.2) is 23.0 Å². The Morgan fingerprint density at radius 2 is 1.00 bits per heavy atom. The molecule has 0 amide bonds. The van der Waals surface area contributed by atoms with Crippen LogP contribution in [0.25, 0.3) is 0 Å². The number of hydrogen-bond donors (Lipinski definition) is 1. The van der Waals surface area contributed by atoms with E-state index in [1.807, 2.05) is 0 Å². The molecule has 0 radical (unpaired) electrons. The molecule has 1 aliphatic heterocycles. The average Bonchev–Trinajstić information content (AvgIpc) is 2.85. The van der Waals surface area contributed by atoms with Crippen LogP contribution in [0.5, 0.6) is 0 Å². The molecule has 1 N–H and O–H groups in total. The van der Waals surface area contributed by atoms with Gasteiger partial charge in [0.2, 0.25) is 0 Å². The van der Waals surface area contributed by atoms with Crippen LogP contribution < -0.4 is 0 Å². The monoisotopic (exact) mass is 432 g/mol. The van der Waals surface area contributed by atoms with Crippen molar-refractivity contribution in [3.05, 3.63) is 35.4 Å². The van der Waals surface area contributed by atoms with E-state index in [2.05, 4.69) is 6.92 Å². The molecule has 174 valence electrons. The van der Waals surface area contributed by atoms with E-state index in [4.69, 9.17) is 9.47 Å². The number of carbonyl (C=O) groups is 2. The fraction of sp³-hybridized carbons (Fsp3) is 0.692. The van der Waals surface area contributed by atoms with Gasteiger partial charge in [-0.15, -0.1) is 0 Å². The Labute approximate surface area is 187 Å². The summed E-state index contributed by atoms with van der Waals surface area (Å²) in [6.45, 7) is 2.26. The van der Waals surface area contributed by atoms with E-state index < -0.39 is 17.9 Å². The van der Waals surface area contributed by atoms with Gasteiger partial charge < -0.3 is 14.6 Å². The van der Waals surface area contributed by atoms with Crippen LogP contribution in [0.2, 0.25) is 0 Å². The molecule has 31 heavy (non-hydrogen) atoms. The first kappa shape index (κ1) is 25.4. The van der Waals surface area contributed by atoms with Gasteiger partial charge in [-0.3, -0.25) is 0 Å². The Balaban J connectivity index is 1.50. The standard InChI is InChI=1S/C26H40O5/c1-2-3-4-5-6-7-8-9-10-11-12-13-14-15-18-21-26(29)30-24(27)22-19-16-17-20-23(22)25(28)31-26/h16-17,19-20,29H,2-15,18,21H2,1H3. The molecule has 0 spiro atoms. The second-order valence-corrected chi connectivity index (χ2v) is 8.74. The molecule has 1 aliphatic rings. The molecule has 1 aromatic rings. The Hall–Kier alpha value is -1.88. The maximum atomic E-state index is 12.2. The number of hydrogen-bond acceptors (Lipinski definition) is 5. The number of esters is 2. The summed E-state index contributed by atoms with van der Waals surface area (Å²) < 4.78 is 10.2. The van der Waals surface area contributed by atoms with Gasteiger partial charge in [0, 0.05) is 0 Å². The smallest absolute Gasteiger partial charge is 0.373 e. The van der Waals surface area contributed by atoms with Crippen molar-refractivity contribution in [2.45, 2.75) is 116 Å². The van der Waals surface area contributed by atoms with Gasteiger partial charge in [0.15, 0.2) is 0 Å². The summed E-state index contributed by atoms with van der Waals surface area (Å²) in [5, 5.41) is 10.5. The quantitative estimate of drug-likeness (QED) is 0.227. The van der Waals surface area contributed by atoms with Gasteiger partial charge in [-0.25, -0.2) is 9.59 Å². The molecule has 0 saturated heterocycles. The summed E-state index contributed by atoms with van der Waals surface area (Å²) >= 11 is 0. The Morgan fingerprint density at radius 1 is 0.645 bits per heavy atom. The number of aliphatic hydroxyl groups is 1. The van der Waals surface area contributed by atoms with E-state index in [1.54, 1.807) is 12.1 Å². The first-order valence-corrected chi connectivity index (χ1v) is 12.3. The van der Waals surface area contributed by atoms with Crippen LogP contribution in [0.3, 0.4) is 0 Å². The van der Waals surface area contributed by atoms with Crippen molar-refractivity contribution in [3.8, 4) is 0 Å². The van der Waals surface area contributed by atoms with E-state index >= 15 is 0 Å². The summed E-state index contributed by atoms with van der Waals surface area (Å²) in [6, 6.07) is 6.29. The summed E-state index contributed by atoms with van der Waals surface area (Å²) in [7, 11) is 0. The zero-order valence-electron chi connectivity index (χ0n) is 19.2. The van der Waals surface area contributed by atoms with Crippen LogP contribution in [-0.2, 0) is 9.47 Å². The van der Waals surface area contributed by atoms with Gasteiger partial charge in [-0.2, -0.15) is 0 Å². The summed E-state index contributed by atoms with van der Waals surface area (Å²) in [6.07, 6.45) is 18.7. The third-order valence-electron chi connectivity index (χ3n) is 5.97. The maximum Gasteiger partial charge on any atom is 0.373 e. The van der Waals surface area contributed by atoms with Crippen molar-refractivity contribution < 1.29 is 24.2 Å². The van der Waals surface area contributed by atoms with E-state index in [-0.39, 0.29) is 17.5 Å². The molecule has 5 heteroatoms. The molecule has 0 fully saturated rings. The molecular weight excluding hydrogens is 392 g/mol. The van der Waals surface area contributed by atoms with Crippen molar-refractivity contribution in [3.63, 3.8) is 0 Å². The van der Waals surface area contributed by atoms with Crippen molar-refractivity contribution in [2.75, 3.05) is 0 Å². The van der Waals surface area contributed by atoms with Crippen LogP contribution >= 0.6 is 0 Å². The fourth-order valence-electron chi connectivity index (χ4n) is 4.08. The summed E-state index contributed by atoms with van der Waals surface area (Å²) in [5.41, 5.74) is 0.250. The first-order valence-electron chi connectivity index (χ1n) is 12.3. The summed E-state index contributed by atoms with van der Waals surface area (Å²) in [4.78, 5) is 24.4. The summed E-state index contributed by atoms with van der Waals surface area (Å²) in [5.74, 6) is -3.64. The van der Waals surface area contributed by atoms with Crippen LogP contribution in [0.1, 0.15) is 130 Å². The highest BCUT2D eigenvalue weighted by Gasteiger charge is 2.41. The number of ether oxygens (including phenoxy) is 2. The zero-order valence-corrected chi connectivity index (χ0v) is 19.2. The lowest BCUT2D eigenvalue weighted by atomic mass is 10.0. The van der Waals surface area contributed by atoms with Crippen molar-refractivity contribution in [1.82, 2.24) is 0 Å². The highest BCUT2D eigenvalue weighted by Crippen LogP contribution is 2.27. The highest BCUT2D eigenvalue weighted by molar-refractivity contribution is 6.04. The van der Waals surface area contributed by atoms with E-state index in [1.165, 1.54) is 89.2 Å². The molecule has 2 rings (SSSR count). The molecule has 0 saturated carbocycles. The largest absolute Gasteiger partial charge is 0.394 e. The number of benzene rings is 1. The average molecular weight is 433 g/mol. The lowest BCUT2D eigenvalue weighted by Gasteiger charge is -2.24. The lowest BCUT2D eigenvalue weighted by molar-refractivity contribution is -0.306. The van der Waals surface area contributed by atoms with Crippen LogP contribution in [0, 0.1) is 0 Å². The maximum absolute atomic E-state index is 12.2. The van der Waals surface area contributed by atoms with Crippen LogP contribution in [0.4, 0.5) is 0 Å². The second kappa shape index (κ2) is 14.2.